The summed E-state index contributed by atoms with van der Waals surface area (Å²) in [6.07, 6.45) is 0.327. The normalized spacial score (nSPS) is 12.6. The minimum atomic E-state index is -4.00. The molecule has 0 spiro atoms. The summed E-state index contributed by atoms with van der Waals surface area (Å²) in [7, 11) is -2.84. The maximum Gasteiger partial charge on any atom is 0.328 e. The van der Waals surface area contributed by atoms with Crippen molar-refractivity contribution in [1.29, 1.82) is 0 Å². The van der Waals surface area contributed by atoms with Gasteiger partial charge in [0.1, 0.15) is 17.9 Å². The number of carbonyl (C=O) groups is 3. The number of nitrogens with one attached hydrogen (secondary N) is 3. The zero-order valence-corrected chi connectivity index (χ0v) is 22.5. The van der Waals surface area contributed by atoms with Crippen molar-refractivity contribution in [2.75, 3.05) is 20.2 Å². The molecule has 0 bridgehead atoms. The molecule has 0 fully saturated rings. The molecule has 14 heteroatoms. The van der Waals surface area contributed by atoms with Gasteiger partial charge in [-0.05, 0) is 49.6 Å². The molecular formula is C25H33FN6O6S. The molecule has 2 unspecified atom stereocenters. The Labute approximate surface area is 226 Å². The van der Waals surface area contributed by atoms with Crippen molar-refractivity contribution in [3.63, 3.8) is 0 Å². The molecule has 39 heavy (non-hydrogen) atoms. The van der Waals surface area contributed by atoms with Crippen LogP contribution in [0.5, 0.6) is 0 Å². The fourth-order valence-corrected chi connectivity index (χ4v) is 4.46. The third kappa shape index (κ3) is 10.7. The molecule has 0 saturated carbocycles. The Kier molecular flexibility index (Phi) is 11.8. The number of sulfonamides is 1. The van der Waals surface area contributed by atoms with Crippen LogP contribution >= 0.6 is 0 Å². The van der Waals surface area contributed by atoms with Crippen molar-refractivity contribution >= 4 is 33.8 Å². The van der Waals surface area contributed by atoms with Gasteiger partial charge in [-0.25, -0.2) is 22.3 Å². The molecule has 0 saturated heterocycles. The Balaban J connectivity index is 2.14. The Bertz CT molecular complexity index is 1280. The van der Waals surface area contributed by atoms with Gasteiger partial charge in [-0.1, -0.05) is 29.8 Å². The maximum absolute atomic E-state index is 13.8. The number of hydrogen-bond acceptors (Lipinski definition) is 7. The zero-order chi connectivity index (χ0) is 29.0. The predicted octanol–water partition coefficient (Wildman–Crippen LogP) is -0.149. The van der Waals surface area contributed by atoms with Gasteiger partial charge in [0.15, 0.2) is 5.96 Å². The molecule has 2 rings (SSSR count). The van der Waals surface area contributed by atoms with E-state index < -0.39 is 52.3 Å². The van der Waals surface area contributed by atoms with Crippen LogP contribution in [-0.2, 0) is 35.6 Å². The highest BCUT2D eigenvalue weighted by molar-refractivity contribution is 7.89. The second-order valence-corrected chi connectivity index (χ2v) is 10.4. The van der Waals surface area contributed by atoms with E-state index >= 15 is 0 Å². The highest BCUT2D eigenvalue weighted by atomic mass is 32.2. The summed E-state index contributed by atoms with van der Waals surface area (Å²) in [5.41, 5.74) is 11.8. The molecule has 2 atom stereocenters. The number of ether oxygens (including phenoxy) is 1. The van der Waals surface area contributed by atoms with Gasteiger partial charge in [-0.3, -0.25) is 14.6 Å². The minimum Gasteiger partial charge on any atom is -0.467 e. The lowest BCUT2D eigenvalue weighted by Crippen LogP contribution is -2.54. The number of carbonyl (C=O) groups excluding carboxylic acids is 3. The lowest BCUT2D eigenvalue weighted by molar-refractivity contribution is -0.145. The Morgan fingerprint density at radius 1 is 1.05 bits per heavy atom. The van der Waals surface area contributed by atoms with Crippen LogP contribution in [0.15, 0.2) is 58.4 Å². The third-order valence-corrected chi connectivity index (χ3v) is 6.90. The van der Waals surface area contributed by atoms with E-state index in [0.717, 1.165) is 12.7 Å². The van der Waals surface area contributed by atoms with Crippen LogP contribution in [0.3, 0.4) is 0 Å². The number of halogens is 1. The van der Waals surface area contributed by atoms with Gasteiger partial charge in [-0.15, -0.1) is 0 Å². The molecule has 0 heterocycles. The average molecular weight is 565 g/mol. The molecule has 0 radical (unpaired) electrons. The summed E-state index contributed by atoms with van der Waals surface area (Å²) in [4.78, 5) is 41.9. The van der Waals surface area contributed by atoms with Crippen molar-refractivity contribution in [2.45, 2.75) is 43.2 Å². The summed E-state index contributed by atoms with van der Waals surface area (Å²) in [5.74, 6) is -2.97. The van der Waals surface area contributed by atoms with Crippen molar-refractivity contribution < 1.29 is 31.9 Å². The second kappa shape index (κ2) is 14.8. The number of aryl methyl sites for hydroxylation is 1. The number of methoxy groups -OCH3 is 1. The SMILES string of the molecule is COC(=O)C(CCCN=C(N)N)NC(=O)C(Cc1cccc(F)c1)NC(=O)CNS(=O)(=O)c1ccc(C)cc1. The monoisotopic (exact) mass is 564 g/mol. The average Bonchev–Trinajstić information content (AvgIpc) is 2.88. The van der Waals surface area contributed by atoms with Crippen LogP contribution in [0.2, 0.25) is 0 Å². The maximum atomic E-state index is 13.8. The van der Waals surface area contributed by atoms with Gasteiger partial charge in [0.05, 0.1) is 18.6 Å². The van der Waals surface area contributed by atoms with Crippen LogP contribution in [0, 0.1) is 12.7 Å². The number of amides is 2. The quantitative estimate of drug-likeness (QED) is 0.0904. The topological polar surface area (TPSA) is 195 Å². The number of nitrogens with two attached hydrogens (primary N) is 2. The molecular weight excluding hydrogens is 531 g/mol. The highest BCUT2D eigenvalue weighted by Gasteiger charge is 2.28. The lowest BCUT2D eigenvalue weighted by atomic mass is 10.0. The zero-order valence-electron chi connectivity index (χ0n) is 21.6. The molecule has 7 N–H and O–H groups in total. The molecule has 0 aliphatic rings. The fraction of sp³-hybridized carbons (Fsp3) is 0.360. The number of nitrogens with zero attached hydrogens (tertiary/aromatic N) is 1. The molecule has 2 aromatic carbocycles. The van der Waals surface area contributed by atoms with E-state index in [1.54, 1.807) is 25.1 Å². The van der Waals surface area contributed by atoms with Crippen LogP contribution < -0.4 is 26.8 Å². The Morgan fingerprint density at radius 3 is 2.36 bits per heavy atom. The third-order valence-electron chi connectivity index (χ3n) is 5.48. The van der Waals surface area contributed by atoms with E-state index in [4.69, 9.17) is 16.2 Å². The first kappa shape index (κ1) is 31.2. The summed E-state index contributed by atoms with van der Waals surface area (Å²) in [6, 6.07) is 9.09. The first-order valence-corrected chi connectivity index (χ1v) is 13.4. The summed E-state index contributed by atoms with van der Waals surface area (Å²) in [6.45, 7) is 1.34. The van der Waals surface area contributed by atoms with Crippen LogP contribution in [0.4, 0.5) is 4.39 Å². The number of aliphatic imine (C=N–C) groups is 1. The summed E-state index contributed by atoms with van der Waals surface area (Å²) < 4.78 is 45.8. The Morgan fingerprint density at radius 2 is 1.74 bits per heavy atom. The fourth-order valence-electron chi connectivity index (χ4n) is 3.48. The Hall–Kier alpha value is -4.04. The number of benzene rings is 2. The first-order chi connectivity index (χ1) is 18.4. The minimum absolute atomic E-state index is 0.0309. The van der Waals surface area contributed by atoms with Crippen LogP contribution in [0.25, 0.3) is 0 Å². The van der Waals surface area contributed by atoms with Crippen LogP contribution in [0.1, 0.15) is 24.0 Å². The molecule has 0 aliphatic carbocycles. The number of rotatable bonds is 14. The molecule has 212 valence electrons. The van der Waals surface area contributed by atoms with Crippen molar-refractivity contribution in [1.82, 2.24) is 15.4 Å². The van der Waals surface area contributed by atoms with Gasteiger partial charge in [0, 0.05) is 13.0 Å². The standard InChI is InChI=1S/C25H33FN6O6S/c1-16-8-10-19(11-9-16)39(36,37)30-15-22(33)31-21(14-17-5-3-6-18(26)13-17)23(34)32-20(24(35)38-2)7-4-12-29-25(27)28/h3,5-6,8-11,13,20-21,30H,4,7,12,14-15H2,1-2H3,(H,31,33)(H,32,34)(H4,27,28,29). The molecule has 12 nitrogen and oxygen atoms in total. The van der Waals surface area contributed by atoms with E-state index in [0.29, 0.717) is 12.0 Å². The number of esters is 1. The van der Waals surface area contributed by atoms with Gasteiger partial charge in [0.25, 0.3) is 0 Å². The molecule has 0 aliphatic heterocycles. The van der Waals surface area contributed by atoms with E-state index in [1.165, 1.54) is 30.3 Å². The van der Waals surface area contributed by atoms with Gasteiger partial charge >= 0.3 is 5.97 Å². The van der Waals surface area contributed by atoms with Gasteiger partial charge in [0.2, 0.25) is 21.8 Å². The molecule has 2 amide bonds. The van der Waals surface area contributed by atoms with Crippen LogP contribution in [-0.4, -0.2) is 64.4 Å². The van der Waals surface area contributed by atoms with E-state index in [-0.39, 0.29) is 30.2 Å². The van der Waals surface area contributed by atoms with E-state index in [1.807, 2.05) is 0 Å². The number of guanidine groups is 1. The van der Waals surface area contributed by atoms with Gasteiger partial charge in [-0.2, -0.15) is 0 Å². The first-order valence-electron chi connectivity index (χ1n) is 11.9. The molecule has 0 aromatic heterocycles. The largest absolute Gasteiger partial charge is 0.467 e. The highest BCUT2D eigenvalue weighted by Crippen LogP contribution is 2.11. The smallest absolute Gasteiger partial charge is 0.328 e. The lowest BCUT2D eigenvalue weighted by Gasteiger charge is -2.22. The van der Waals surface area contributed by atoms with E-state index in [2.05, 4.69) is 20.3 Å². The summed E-state index contributed by atoms with van der Waals surface area (Å²) >= 11 is 0. The van der Waals surface area contributed by atoms with Crippen molar-refractivity contribution in [3.8, 4) is 0 Å². The second-order valence-electron chi connectivity index (χ2n) is 8.62. The number of hydrogen-bond donors (Lipinski definition) is 5. The van der Waals surface area contributed by atoms with Crippen molar-refractivity contribution in [3.05, 3.63) is 65.5 Å². The van der Waals surface area contributed by atoms with Crippen molar-refractivity contribution in [2.24, 2.45) is 16.5 Å². The predicted molar refractivity (Wildman–Crippen MR) is 142 cm³/mol. The molecule has 2 aromatic rings. The summed E-state index contributed by atoms with van der Waals surface area (Å²) in [5, 5.41) is 4.98. The van der Waals surface area contributed by atoms with E-state index in [9.17, 15) is 27.2 Å². The van der Waals surface area contributed by atoms with Gasteiger partial charge < -0.3 is 26.8 Å².